The number of benzene rings is 1. The third-order valence-corrected chi connectivity index (χ3v) is 4.18. The fourth-order valence-corrected chi connectivity index (χ4v) is 3.30. The van der Waals surface area contributed by atoms with Crippen molar-refractivity contribution in [2.24, 2.45) is 5.73 Å². The summed E-state index contributed by atoms with van der Waals surface area (Å²) in [6, 6.07) is 3.98. The van der Waals surface area contributed by atoms with Crippen molar-refractivity contribution in [3.63, 3.8) is 0 Å². The van der Waals surface area contributed by atoms with E-state index in [1.807, 2.05) is 19.1 Å². The van der Waals surface area contributed by atoms with E-state index in [-0.39, 0.29) is 5.41 Å². The van der Waals surface area contributed by atoms with Gasteiger partial charge in [0.25, 0.3) is 0 Å². The highest BCUT2D eigenvalue weighted by atomic mass is 35.5. The monoisotopic (exact) mass is 253 g/mol. The van der Waals surface area contributed by atoms with Crippen LogP contribution in [0.5, 0.6) is 5.75 Å². The zero-order valence-electron chi connectivity index (χ0n) is 10.6. The van der Waals surface area contributed by atoms with Gasteiger partial charge in [0, 0.05) is 22.5 Å². The Bertz CT molecular complexity index is 411. The predicted molar refractivity (Wildman–Crippen MR) is 71.9 cm³/mol. The van der Waals surface area contributed by atoms with E-state index < -0.39 is 0 Å². The molecule has 0 atom stereocenters. The minimum atomic E-state index is 0.0704. The second kappa shape index (κ2) is 4.87. The number of nitrogens with two attached hydrogens (primary N) is 1. The minimum Gasteiger partial charge on any atom is -0.496 e. The Morgan fingerprint density at radius 1 is 1.35 bits per heavy atom. The third-order valence-electron chi connectivity index (χ3n) is 3.97. The molecule has 94 valence electrons. The van der Waals surface area contributed by atoms with Crippen molar-refractivity contribution in [2.75, 3.05) is 13.7 Å². The number of methoxy groups -OCH3 is 1. The van der Waals surface area contributed by atoms with E-state index in [1.165, 1.54) is 18.4 Å². The number of halogens is 1. The molecular formula is C14H20ClNO. The molecule has 0 amide bonds. The van der Waals surface area contributed by atoms with Crippen molar-refractivity contribution in [3.05, 3.63) is 28.3 Å². The normalized spacial score (nSPS) is 18.4. The van der Waals surface area contributed by atoms with Gasteiger partial charge in [0.15, 0.2) is 0 Å². The smallest absolute Gasteiger partial charge is 0.125 e. The summed E-state index contributed by atoms with van der Waals surface area (Å²) in [5.41, 5.74) is 8.39. The maximum atomic E-state index is 6.18. The van der Waals surface area contributed by atoms with Crippen LogP contribution < -0.4 is 10.5 Å². The molecule has 0 heterocycles. The molecule has 2 rings (SSSR count). The molecule has 0 saturated heterocycles. The van der Waals surface area contributed by atoms with Gasteiger partial charge in [-0.2, -0.15) is 0 Å². The van der Waals surface area contributed by atoms with Gasteiger partial charge in [-0.15, -0.1) is 0 Å². The number of hydrogen-bond donors (Lipinski definition) is 1. The summed E-state index contributed by atoms with van der Waals surface area (Å²) in [6.07, 6.45) is 4.76. The Morgan fingerprint density at radius 3 is 2.53 bits per heavy atom. The lowest BCUT2D eigenvalue weighted by atomic mass is 9.78. The second-order valence-electron chi connectivity index (χ2n) is 5.00. The van der Waals surface area contributed by atoms with E-state index in [0.29, 0.717) is 6.54 Å². The van der Waals surface area contributed by atoms with E-state index in [0.717, 1.165) is 29.2 Å². The Balaban J connectivity index is 2.56. The Kier molecular flexibility index (Phi) is 3.64. The molecular weight excluding hydrogens is 234 g/mol. The topological polar surface area (TPSA) is 35.2 Å². The summed E-state index contributed by atoms with van der Waals surface area (Å²) in [7, 11) is 1.72. The summed E-state index contributed by atoms with van der Waals surface area (Å²) in [6.45, 7) is 2.70. The molecule has 2 nitrogen and oxygen atoms in total. The molecule has 1 aromatic rings. The van der Waals surface area contributed by atoms with Crippen LogP contribution >= 0.6 is 11.6 Å². The van der Waals surface area contributed by atoms with Crippen LogP contribution in [0.3, 0.4) is 0 Å². The van der Waals surface area contributed by atoms with E-state index >= 15 is 0 Å². The Hall–Kier alpha value is -0.730. The van der Waals surface area contributed by atoms with Gasteiger partial charge in [-0.25, -0.2) is 0 Å². The van der Waals surface area contributed by atoms with E-state index in [9.17, 15) is 0 Å². The van der Waals surface area contributed by atoms with Crippen LogP contribution in [0.2, 0.25) is 5.02 Å². The van der Waals surface area contributed by atoms with Crippen LogP contribution in [-0.4, -0.2) is 13.7 Å². The highest BCUT2D eigenvalue weighted by Gasteiger charge is 2.37. The SMILES string of the molecule is COc1c(C)cc(Cl)cc1C1(CN)CCCC1. The van der Waals surface area contributed by atoms with Gasteiger partial charge >= 0.3 is 0 Å². The van der Waals surface area contributed by atoms with Crippen molar-refractivity contribution >= 4 is 11.6 Å². The first kappa shape index (κ1) is 12.7. The lowest BCUT2D eigenvalue weighted by molar-refractivity contribution is 0.375. The molecule has 1 aliphatic rings. The molecule has 1 fully saturated rings. The predicted octanol–water partition coefficient (Wildman–Crippen LogP) is 3.43. The lowest BCUT2D eigenvalue weighted by Gasteiger charge is -2.30. The maximum absolute atomic E-state index is 6.18. The van der Waals surface area contributed by atoms with Crippen LogP contribution in [0.15, 0.2) is 12.1 Å². The van der Waals surface area contributed by atoms with Crippen molar-refractivity contribution in [1.82, 2.24) is 0 Å². The summed E-state index contributed by atoms with van der Waals surface area (Å²) in [4.78, 5) is 0. The first-order valence-electron chi connectivity index (χ1n) is 6.17. The van der Waals surface area contributed by atoms with Gasteiger partial charge < -0.3 is 10.5 Å². The standard InChI is InChI=1S/C14H20ClNO/c1-10-7-11(15)8-12(13(10)17-2)14(9-16)5-3-4-6-14/h7-8H,3-6,9,16H2,1-2H3. The molecule has 0 aliphatic heterocycles. The molecule has 0 spiro atoms. The second-order valence-corrected chi connectivity index (χ2v) is 5.43. The van der Waals surface area contributed by atoms with Crippen LogP contribution in [0, 0.1) is 6.92 Å². The summed E-state index contributed by atoms with van der Waals surface area (Å²) >= 11 is 6.18. The van der Waals surface area contributed by atoms with E-state index in [4.69, 9.17) is 22.1 Å². The largest absolute Gasteiger partial charge is 0.496 e. The molecule has 1 aliphatic carbocycles. The van der Waals surface area contributed by atoms with E-state index in [2.05, 4.69) is 0 Å². The van der Waals surface area contributed by atoms with Gasteiger partial charge in [-0.1, -0.05) is 24.4 Å². The average Bonchev–Trinajstić information content (AvgIpc) is 2.77. The van der Waals surface area contributed by atoms with Crippen LogP contribution in [-0.2, 0) is 5.41 Å². The van der Waals surface area contributed by atoms with Crippen LogP contribution in [0.1, 0.15) is 36.8 Å². The van der Waals surface area contributed by atoms with Gasteiger partial charge in [0.1, 0.15) is 5.75 Å². The maximum Gasteiger partial charge on any atom is 0.125 e. The molecule has 2 N–H and O–H groups in total. The number of rotatable bonds is 3. The fourth-order valence-electron chi connectivity index (χ4n) is 3.03. The number of hydrogen-bond acceptors (Lipinski definition) is 2. The highest BCUT2D eigenvalue weighted by molar-refractivity contribution is 6.30. The summed E-state index contributed by atoms with van der Waals surface area (Å²) in [5.74, 6) is 0.960. The Labute approximate surface area is 108 Å². The van der Waals surface area contributed by atoms with Crippen LogP contribution in [0.25, 0.3) is 0 Å². The fraction of sp³-hybridized carbons (Fsp3) is 0.571. The van der Waals surface area contributed by atoms with Crippen molar-refractivity contribution in [3.8, 4) is 5.75 Å². The molecule has 0 bridgehead atoms. The molecule has 0 unspecified atom stereocenters. The Morgan fingerprint density at radius 2 is 2.00 bits per heavy atom. The average molecular weight is 254 g/mol. The summed E-state index contributed by atoms with van der Waals surface area (Å²) in [5, 5.41) is 0.776. The first-order valence-corrected chi connectivity index (χ1v) is 6.55. The van der Waals surface area contributed by atoms with Crippen molar-refractivity contribution < 1.29 is 4.74 Å². The zero-order valence-corrected chi connectivity index (χ0v) is 11.3. The quantitative estimate of drug-likeness (QED) is 0.896. The van der Waals surface area contributed by atoms with Gasteiger partial charge in [0.05, 0.1) is 7.11 Å². The molecule has 3 heteroatoms. The molecule has 0 aromatic heterocycles. The van der Waals surface area contributed by atoms with Gasteiger partial charge in [-0.05, 0) is 37.5 Å². The van der Waals surface area contributed by atoms with Crippen LogP contribution in [0.4, 0.5) is 0 Å². The number of aryl methyl sites for hydroxylation is 1. The lowest BCUT2D eigenvalue weighted by Crippen LogP contribution is -2.32. The summed E-state index contributed by atoms with van der Waals surface area (Å²) < 4.78 is 5.56. The van der Waals surface area contributed by atoms with E-state index in [1.54, 1.807) is 7.11 Å². The van der Waals surface area contributed by atoms with Gasteiger partial charge in [-0.3, -0.25) is 0 Å². The third kappa shape index (κ3) is 2.16. The number of ether oxygens (including phenoxy) is 1. The minimum absolute atomic E-state index is 0.0704. The molecule has 1 aromatic carbocycles. The molecule has 0 radical (unpaired) electrons. The van der Waals surface area contributed by atoms with Gasteiger partial charge in [0.2, 0.25) is 0 Å². The highest BCUT2D eigenvalue weighted by Crippen LogP contribution is 2.45. The zero-order chi connectivity index (χ0) is 12.5. The first-order chi connectivity index (χ1) is 8.13. The molecule has 17 heavy (non-hydrogen) atoms. The molecule has 1 saturated carbocycles. The van der Waals surface area contributed by atoms with Crippen molar-refractivity contribution in [1.29, 1.82) is 0 Å². The van der Waals surface area contributed by atoms with Crippen molar-refractivity contribution in [2.45, 2.75) is 38.0 Å².